The van der Waals surface area contributed by atoms with Gasteiger partial charge in [0.1, 0.15) is 0 Å². The van der Waals surface area contributed by atoms with E-state index in [9.17, 15) is 0 Å². The Balaban J connectivity index is 1.11. The number of anilines is 8. The number of aryl methyl sites for hydroxylation is 1. The van der Waals surface area contributed by atoms with Gasteiger partial charge in [0.25, 0.3) is 6.71 Å². The van der Waals surface area contributed by atoms with Crippen LogP contribution in [0, 0.1) is 6.92 Å². The number of benzene rings is 8. The van der Waals surface area contributed by atoms with Gasteiger partial charge in [0.05, 0.1) is 11.2 Å². The maximum Gasteiger partial charge on any atom is 0.252 e. The van der Waals surface area contributed by atoms with Crippen LogP contribution in [0.2, 0.25) is 0 Å². The molecular formula is C69H70BN3S. The van der Waals surface area contributed by atoms with Gasteiger partial charge in [-0.05, 0) is 159 Å². The number of fused-ring (bicyclic) bond motifs is 10. The van der Waals surface area contributed by atoms with Crippen LogP contribution < -0.4 is 31.1 Å². The Labute approximate surface area is 445 Å². The molecule has 5 heteroatoms. The van der Waals surface area contributed by atoms with E-state index in [0.29, 0.717) is 0 Å². The van der Waals surface area contributed by atoms with Gasteiger partial charge < -0.3 is 14.7 Å². The van der Waals surface area contributed by atoms with Gasteiger partial charge in [-0.1, -0.05) is 173 Å². The van der Waals surface area contributed by atoms with E-state index in [1.807, 2.05) is 11.3 Å². The van der Waals surface area contributed by atoms with Gasteiger partial charge in [0, 0.05) is 71.0 Å². The summed E-state index contributed by atoms with van der Waals surface area (Å²) in [5.41, 5.74) is 23.3. The van der Waals surface area contributed by atoms with E-state index in [1.165, 1.54) is 140 Å². The van der Waals surface area contributed by atoms with Crippen molar-refractivity contribution in [3.63, 3.8) is 0 Å². The number of rotatable bonds is 4. The molecule has 3 aliphatic heterocycles. The van der Waals surface area contributed by atoms with Crippen LogP contribution >= 0.6 is 11.3 Å². The van der Waals surface area contributed by atoms with Crippen molar-refractivity contribution in [3.8, 4) is 11.1 Å². The maximum absolute atomic E-state index is 2.79. The first kappa shape index (κ1) is 47.2. The molecule has 74 heavy (non-hydrogen) atoms. The highest BCUT2D eigenvalue weighted by molar-refractivity contribution is 7.25. The molecule has 0 spiro atoms. The molecule has 1 fully saturated rings. The lowest BCUT2D eigenvalue weighted by molar-refractivity contribution is 0.195. The molecule has 1 aliphatic carbocycles. The van der Waals surface area contributed by atoms with E-state index in [1.54, 1.807) is 0 Å². The minimum absolute atomic E-state index is 0.00716. The Hall–Kier alpha value is -6.56. The zero-order valence-corrected chi connectivity index (χ0v) is 46.5. The van der Waals surface area contributed by atoms with Crippen molar-refractivity contribution in [2.24, 2.45) is 0 Å². The van der Waals surface area contributed by atoms with Crippen LogP contribution in [0.5, 0.6) is 0 Å². The summed E-state index contributed by atoms with van der Waals surface area (Å²) >= 11 is 1.90. The van der Waals surface area contributed by atoms with Gasteiger partial charge in [-0.25, -0.2) is 0 Å². The lowest BCUT2D eigenvalue weighted by atomic mass is 9.33. The van der Waals surface area contributed by atoms with Crippen molar-refractivity contribution in [2.75, 3.05) is 14.7 Å². The van der Waals surface area contributed by atoms with Gasteiger partial charge >= 0.3 is 0 Å². The first-order valence-corrected chi connectivity index (χ1v) is 28.1. The monoisotopic (exact) mass is 984 g/mol. The summed E-state index contributed by atoms with van der Waals surface area (Å²) in [6.07, 6.45) is 4.83. The third kappa shape index (κ3) is 6.97. The van der Waals surface area contributed by atoms with E-state index in [2.05, 4.69) is 256 Å². The molecule has 9 aromatic rings. The van der Waals surface area contributed by atoms with E-state index in [4.69, 9.17) is 0 Å². The lowest BCUT2D eigenvalue weighted by Gasteiger charge is -2.51. The molecule has 13 rings (SSSR count). The minimum Gasteiger partial charge on any atom is -0.334 e. The fraction of sp³-hybridized carbons (Fsp3) is 0.304. The van der Waals surface area contributed by atoms with Crippen molar-refractivity contribution in [1.82, 2.24) is 0 Å². The summed E-state index contributed by atoms with van der Waals surface area (Å²) < 4.78 is 2.64. The first-order valence-electron chi connectivity index (χ1n) is 27.3. The fourth-order valence-electron chi connectivity index (χ4n) is 13.8. The molecule has 1 aromatic heterocycles. The maximum atomic E-state index is 2.79. The molecule has 3 nitrogen and oxygen atoms in total. The Morgan fingerprint density at radius 2 is 1.08 bits per heavy atom. The normalized spacial score (nSPS) is 19.1. The van der Waals surface area contributed by atoms with E-state index < -0.39 is 0 Å². The Bertz CT molecular complexity index is 3770. The molecule has 0 bridgehead atoms. The second kappa shape index (κ2) is 16.2. The number of thiophene rings is 1. The first-order chi connectivity index (χ1) is 35.2. The SMILES string of the molecule is Cc1cc2c3c(c1)N(c1ccc(C(C)(C)C)cc1-c1ccccc1)c1cc(N4c5ccc(C(C)(C)C)cc5C5(C)CCCCC45C)ccc1B3c1cc(C(C)(C)C)ccc1N2c1ccc2c(c1)sc1ccccc12. The average Bonchev–Trinajstić information content (AvgIpc) is 3.85. The summed E-state index contributed by atoms with van der Waals surface area (Å²) in [6.45, 7) is 28.7. The van der Waals surface area contributed by atoms with Crippen LogP contribution in [0.3, 0.4) is 0 Å². The summed E-state index contributed by atoms with van der Waals surface area (Å²) in [4.78, 5) is 8.08. The van der Waals surface area contributed by atoms with Crippen molar-refractivity contribution in [3.05, 3.63) is 186 Å². The standard InChI is InChI=1S/C69H70BN3S/c1-43-36-60-64-61(37-43)72(56-31-24-45(65(2,3)4)38-52(56)44-20-14-13-15-21-44)59-41-49(73-57-32-25-46(66(5,6)7)39-53(57)68(11)34-18-19-35-69(68,73)12)28-30-54(59)70(64)55-40-47(67(8,9)10)26-33-58(55)71(60)48-27-29-51-50-22-16-17-23-62(50)74-63(51)42-48/h13-17,20-33,36-42H,18-19,34-35H2,1-12H3. The molecule has 4 heterocycles. The van der Waals surface area contributed by atoms with E-state index in [0.717, 1.165) is 6.42 Å². The number of hydrogen-bond donors (Lipinski definition) is 0. The Morgan fingerprint density at radius 3 is 1.81 bits per heavy atom. The van der Waals surface area contributed by atoms with E-state index in [-0.39, 0.29) is 33.9 Å². The highest BCUT2D eigenvalue weighted by atomic mass is 32.1. The highest BCUT2D eigenvalue weighted by Crippen LogP contribution is 2.62. The Kier molecular flexibility index (Phi) is 10.3. The van der Waals surface area contributed by atoms with Crippen molar-refractivity contribution in [2.45, 2.75) is 136 Å². The van der Waals surface area contributed by atoms with Gasteiger partial charge in [-0.2, -0.15) is 0 Å². The zero-order valence-electron chi connectivity index (χ0n) is 45.7. The molecule has 0 saturated heterocycles. The largest absolute Gasteiger partial charge is 0.334 e. The second-order valence-corrected chi connectivity index (χ2v) is 26.9. The Morgan fingerprint density at radius 1 is 0.473 bits per heavy atom. The van der Waals surface area contributed by atoms with Crippen molar-refractivity contribution < 1.29 is 0 Å². The molecule has 0 radical (unpaired) electrons. The molecule has 2 atom stereocenters. The summed E-state index contributed by atoms with van der Waals surface area (Å²) in [5, 5.41) is 2.65. The van der Waals surface area contributed by atoms with Crippen LogP contribution in [0.15, 0.2) is 158 Å². The van der Waals surface area contributed by atoms with Crippen LogP contribution in [-0.4, -0.2) is 12.3 Å². The second-order valence-electron chi connectivity index (χ2n) is 25.8. The number of hydrogen-bond acceptors (Lipinski definition) is 4. The molecule has 2 unspecified atom stereocenters. The topological polar surface area (TPSA) is 9.72 Å². The highest BCUT2D eigenvalue weighted by Gasteiger charge is 2.58. The third-order valence-corrected chi connectivity index (χ3v) is 19.2. The lowest BCUT2D eigenvalue weighted by Crippen LogP contribution is -2.61. The molecule has 8 aromatic carbocycles. The number of nitrogens with zero attached hydrogens (tertiary/aromatic N) is 3. The van der Waals surface area contributed by atoms with Gasteiger partial charge in [-0.15, -0.1) is 11.3 Å². The van der Waals surface area contributed by atoms with Crippen LogP contribution in [0.1, 0.15) is 130 Å². The molecule has 4 aliphatic rings. The van der Waals surface area contributed by atoms with Crippen LogP contribution in [-0.2, 0) is 21.7 Å². The quantitative estimate of drug-likeness (QED) is 0.163. The predicted octanol–water partition coefficient (Wildman–Crippen LogP) is 17.7. The molecule has 370 valence electrons. The molecule has 0 N–H and O–H groups in total. The van der Waals surface area contributed by atoms with Gasteiger partial charge in [0.2, 0.25) is 0 Å². The van der Waals surface area contributed by atoms with Gasteiger partial charge in [-0.3, -0.25) is 0 Å². The fourth-order valence-corrected chi connectivity index (χ4v) is 14.9. The average molecular weight is 984 g/mol. The van der Waals surface area contributed by atoms with Gasteiger partial charge in [0.15, 0.2) is 0 Å². The molecular weight excluding hydrogens is 914 g/mol. The van der Waals surface area contributed by atoms with E-state index >= 15 is 0 Å². The van der Waals surface area contributed by atoms with Crippen molar-refractivity contribution in [1.29, 1.82) is 0 Å². The van der Waals surface area contributed by atoms with Crippen molar-refractivity contribution >= 4 is 100 Å². The third-order valence-electron chi connectivity index (χ3n) is 18.1. The molecule has 1 saturated carbocycles. The zero-order chi connectivity index (χ0) is 51.4. The molecule has 0 amide bonds. The minimum atomic E-state index is -0.0991. The van der Waals surface area contributed by atoms with Crippen LogP contribution in [0.4, 0.5) is 45.5 Å². The summed E-state index contributed by atoms with van der Waals surface area (Å²) in [6, 6.07) is 62.0. The summed E-state index contributed by atoms with van der Waals surface area (Å²) in [7, 11) is 0. The predicted molar refractivity (Wildman–Crippen MR) is 322 cm³/mol. The van der Waals surface area contributed by atoms with Crippen LogP contribution in [0.25, 0.3) is 31.3 Å². The smallest absolute Gasteiger partial charge is 0.252 e. The summed E-state index contributed by atoms with van der Waals surface area (Å²) in [5.74, 6) is 0.